The van der Waals surface area contributed by atoms with E-state index in [-0.39, 0.29) is 5.84 Å². The topological polar surface area (TPSA) is 71.1 Å². The van der Waals surface area contributed by atoms with Crippen molar-refractivity contribution in [2.24, 2.45) is 5.73 Å². The van der Waals surface area contributed by atoms with Crippen LogP contribution in [0.1, 0.15) is 5.56 Å². The van der Waals surface area contributed by atoms with Crippen molar-refractivity contribution in [3.8, 4) is 5.75 Å². The zero-order valence-corrected chi connectivity index (χ0v) is 10.1. The van der Waals surface area contributed by atoms with E-state index in [0.717, 1.165) is 17.1 Å². The van der Waals surface area contributed by atoms with E-state index >= 15 is 0 Å². The number of nitrogen functional groups attached to an aromatic ring is 1. The first kappa shape index (κ1) is 12.0. The highest BCUT2D eigenvalue weighted by atomic mass is 16.5. The van der Waals surface area contributed by atoms with Crippen molar-refractivity contribution >= 4 is 17.2 Å². The lowest BCUT2D eigenvalue weighted by Gasteiger charge is -2.13. The molecule has 0 atom stereocenters. The van der Waals surface area contributed by atoms with Crippen molar-refractivity contribution < 1.29 is 4.74 Å². The zero-order chi connectivity index (χ0) is 13.0. The van der Waals surface area contributed by atoms with Crippen LogP contribution < -0.4 is 15.8 Å². The number of anilines is 2. The van der Waals surface area contributed by atoms with Crippen LogP contribution in [-0.2, 0) is 0 Å². The number of benzene rings is 2. The summed E-state index contributed by atoms with van der Waals surface area (Å²) in [6.07, 6.45) is 0. The molecule has 0 aliphatic carbocycles. The Morgan fingerprint density at radius 2 is 1.67 bits per heavy atom. The molecular weight excluding hydrogens is 226 g/mol. The van der Waals surface area contributed by atoms with Gasteiger partial charge >= 0.3 is 0 Å². The lowest BCUT2D eigenvalue weighted by Crippen LogP contribution is -2.13. The van der Waals surface area contributed by atoms with Crippen LogP contribution in [0.25, 0.3) is 0 Å². The molecule has 0 spiro atoms. The number of ether oxygens (including phenoxy) is 1. The standard InChI is InChI=1S/C14H15N3O/c1-18-13-9-5-4-8-12(13)17-11-7-3-2-6-10(11)14(15)16/h2-9,17H,1H3,(H3,15,16). The molecule has 4 N–H and O–H groups in total. The fraction of sp³-hybridized carbons (Fsp3) is 0.0714. The first-order valence-electron chi connectivity index (χ1n) is 5.56. The minimum Gasteiger partial charge on any atom is -0.495 e. The Morgan fingerprint density at radius 3 is 2.33 bits per heavy atom. The van der Waals surface area contributed by atoms with Gasteiger partial charge in [0, 0.05) is 11.3 Å². The van der Waals surface area contributed by atoms with Gasteiger partial charge in [-0.05, 0) is 24.3 Å². The van der Waals surface area contributed by atoms with Gasteiger partial charge in [0.05, 0.1) is 12.8 Å². The number of rotatable bonds is 4. The smallest absolute Gasteiger partial charge is 0.142 e. The molecule has 0 unspecified atom stereocenters. The third-order valence-corrected chi connectivity index (χ3v) is 2.59. The third kappa shape index (κ3) is 2.43. The van der Waals surface area contributed by atoms with E-state index in [0.29, 0.717) is 5.56 Å². The maximum atomic E-state index is 7.55. The molecule has 0 saturated carbocycles. The highest BCUT2D eigenvalue weighted by Gasteiger charge is 2.07. The van der Waals surface area contributed by atoms with Gasteiger partial charge in [0.15, 0.2) is 0 Å². The fourth-order valence-electron chi connectivity index (χ4n) is 1.72. The van der Waals surface area contributed by atoms with Gasteiger partial charge in [-0.1, -0.05) is 24.3 Å². The van der Waals surface area contributed by atoms with Crippen molar-refractivity contribution in [1.82, 2.24) is 0 Å². The molecule has 0 fully saturated rings. The maximum Gasteiger partial charge on any atom is 0.142 e. The van der Waals surface area contributed by atoms with Crippen molar-refractivity contribution in [2.45, 2.75) is 0 Å². The molecule has 0 aliphatic rings. The van der Waals surface area contributed by atoms with Crippen LogP contribution >= 0.6 is 0 Å². The van der Waals surface area contributed by atoms with Crippen molar-refractivity contribution in [1.29, 1.82) is 5.41 Å². The second-order valence-electron chi connectivity index (χ2n) is 3.78. The van der Waals surface area contributed by atoms with Gasteiger partial charge in [0.1, 0.15) is 11.6 Å². The Balaban J connectivity index is 2.37. The van der Waals surface area contributed by atoms with E-state index in [1.165, 1.54) is 0 Å². The summed E-state index contributed by atoms with van der Waals surface area (Å²) in [7, 11) is 1.62. The third-order valence-electron chi connectivity index (χ3n) is 2.59. The molecule has 0 bridgehead atoms. The molecule has 0 radical (unpaired) electrons. The van der Waals surface area contributed by atoms with E-state index < -0.39 is 0 Å². The van der Waals surface area contributed by atoms with Crippen LogP contribution in [0, 0.1) is 5.41 Å². The van der Waals surface area contributed by atoms with Crippen LogP contribution in [0.15, 0.2) is 48.5 Å². The van der Waals surface area contributed by atoms with E-state index in [1.54, 1.807) is 13.2 Å². The largest absolute Gasteiger partial charge is 0.495 e. The molecule has 2 aromatic rings. The van der Waals surface area contributed by atoms with Gasteiger partial charge in [0.25, 0.3) is 0 Å². The Labute approximate surface area is 106 Å². The summed E-state index contributed by atoms with van der Waals surface area (Å²) in [4.78, 5) is 0. The predicted molar refractivity (Wildman–Crippen MR) is 73.7 cm³/mol. The fourth-order valence-corrected chi connectivity index (χ4v) is 1.72. The van der Waals surface area contributed by atoms with E-state index in [1.807, 2.05) is 42.5 Å². The average molecular weight is 241 g/mol. The first-order chi connectivity index (χ1) is 8.72. The number of para-hydroxylation sites is 3. The van der Waals surface area contributed by atoms with Crippen LogP contribution in [0.3, 0.4) is 0 Å². The van der Waals surface area contributed by atoms with Crippen molar-refractivity contribution in [3.63, 3.8) is 0 Å². The number of methoxy groups -OCH3 is 1. The van der Waals surface area contributed by atoms with Crippen LogP contribution in [0.5, 0.6) is 5.75 Å². The van der Waals surface area contributed by atoms with E-state index in [4.69, 9.17) is 15.9 Å². The SMILES string of the molecule is COc1ccccc1Nc1ccccc1C(=N)N. The molecule has 2 rings (SSSR count). The summed E-state index contributed by atoms with van der Waals surface area (Å²) in [6, 6.07) is 15.0. The normalized spacial score (nSPS) is 9.83. The minimum atomic E-state index is 0.0352. The Kier molecular flexibility index (Phi) is 3.48. The summed E-state index contributed by atoms with van der Waals surface area (Å²) in [6.45, 7) is 0. The summed E-state index contributed by atoms with van der Waals surface area (Å²) in [5.74, 6) is 0.781. The zero-order valence-electron chi connectivity index (χ0n) is 10.1. The monoisotopic (exact) mass is 241 g/mol. The molecule has 18 heavy (non-hydrogen) atoms. The van der Waals surface area contributed by atoms with Crippen LogP contribution in [-0.4, -0.2) is 12.9 Å². The number of amidine groups is 1. The molecule has 92 valence electrons. The number of hydrogen-bond donors (Lipinski definition) is 3. The number of nitrogens with two attached hydrogens (primary N) is 1. The second kappa shape index (κ2) is 5.23. The van der Waals surface area contributed by atoms with E-state index in [2.05, 4.69) is 5.32 Å². The molecule has 2 aromatic carbocycles. The predicted octanol–water partition coefficient (Wildman–Crippen LogP) is 2.72. The highest BCUT2D eigenvalue weighted by molar-refractivity contribution is 6.01. The van der Waals surface area contributed by atoms with Crippen molar-refractivity contribution in [3.05, 3.63) is 54.1 Å². The highest BCUT2D eigenvalue weighted by Crippen LogP contribution is 2.28. The number of hydrogen-bond acceptors (Lipinski definition) is 3. The Morgan fingerprint density at radius 1 is 1.06 bits per heavy atom. The van der Waals surface area contributed by atoms with Gasteiger partial charge in [-0.15, -0.1) is 0 Å². The number of nitrogens with one attached hydrogen (secondary N) is 2. The lowest BCUT2D eigenvalue weighted by molar-refractivity contribution is 0.417. The van der Waals surface area contributed by atoms with Gasteiger partial charge in [0.2, 0.25) is 0 Å². The summed E-state index contributed by atoms with van der Waals surface area (Å²) in [5.41, 5.74) is 7.85. The van der Waals surface area contributed by atoms with Gasteiger partial charge in [-0.25, -0.2) is 0 Å². The Bertz CT molecular complexity index is 566. The molecular formula is C14H15N3O. The summed E-state index contributed by atoms with van der Waals surface area (Å²) < 4.78 is 5.27. The first-order valence-corrected chi connectivity index (χ1v) is 5.56. The quantitative estimate of drug-likeness (QED) is 0.569. The van der Waals surface area contributed by atoms with E-state index in [9.17, 15) is 0 Å². The van der Waals surface area contributed by atoms with Gasteiger partial charge in [-0.2, -0.15) is 0 Å². The molecule has 0 aliphatic heterocycles. The molecule has 0 amide bonds. The minimum absolute atomic E-state index is 0.0352. The van der Waals surface area contributed by atoms with Gasteiger partial charge in [-0.3, -0.25) is 5.41 Å². The van der Waals surface area contributed by atoms with Crippen LogP contribution in [0.4, 0.5) is 11.4 Å². The van der Waals surface area contributed by atoms with Gasteiger partial charge < -0.3 is 15.8 Å². The molecule has 4 nitrogen and oxygen atoms in total. The summed E-state index contributed by atoms with van der Waals surface area (Å²) in [5, 5.41) is 10.8. The Hall–Kier alpha value is -2.49. The molecule has 0 saturated heterocycles. The van der Waals surface area contributed by atoms with Crippen molar-refractivity contribution in [2.75, 3.05) is 12.4 Å². The summed E-state index contributed by atoms with van der Waals surface area (Å²) >= 11 is 0. The molecule has 4 heteroatoms. The van der Waals surface area contributed by atoms with Crippen LogP contribution in [0.2, 0.25) is 0 Å². The molecule has 0 aromatic heterocycles. The average Bonchev–Trinajstić information content (AvgIpc) is 2.40. The lowest BCUT2D eigenvalue weighted by atomic mass is 10.1. The maximum absolute atomic E-state index is 7.55. The molecule has 0 heterocycles. The second-order valence-corrected chi connectivity index (χ2v) is 3.78.